The first-order valence-corrected chi connectivity index (χ1v) is 6.20. The molecule has 0 bridgehead atoms. The fourth-order valence-electron chi connectivity index (χ4n) is 1.62. The first kappa shape index (κ1) is 15.6. The van der Waals surface area contributed by atoms with Gasteiger partial charge in [0.25, 0.3) is 0 Å². The number of anilines is 1. The van der Waals surface area contributed by atoms with Gasteiger partial charge in [-0.15, -0.1) is 0 Å². The van der Waals surface area contributed by atoms with Crippen LogP contribution >= 0.6 is 0 Å². The van der Waals surface area contributed by atoms with Crippen molar-refractivity contribution in [1.29, 1.82) is 0 Å². The van der Waals surface area contributed by atoms with Crippen LogP contribution in [0.5, 0.6) is 0 Å². The minimum absolute atomic E-state index is 0.0959. The van der Waals surface area contributed by atoms with E-state index in [1.807, 2.05) is 5.32 Å². The highest BCUT2D eigenvalue weighted by Crippen LogP contribution is 2.19. The molecule has 2 aromatic rings. The normalized spacial score (nSPS) is 10.3. The van der Waals surface area contributed by atoms with E-state index >= 15 is 0 Å². The van der Waals surface area contributed by atoms with Crippen LogP contribution in [-0.4, -0.2) is 11.8 Å². The standard InChI is InChI=1S/C14H11F3N2O3/c15-9-3-4-10(14(17)13(9)16)19-12(21)6-11(20)18-7-8-2-1-5-22-8/h1-5H,6-7H2,(H,18,20)(H,19,21). The summed E-state index contributed by atoms with van der Waals surface area (Å²) in [5.41, 5.74) is -0.539. The summed E-state index contributed by atoms with van der Waals surface area (Å²) < 4.78 is 44.1. The Bertz CT molecular complexity index is 687. The first-order valence-electron chi connectivity index (χ1n) is 6.20. The van der Waals surface area contributed by atoms with Crippen molar-refractivity contribution >= 4 is 17.5 Å². The number of furan rings is 1. The number of hydrogen-bond donors (Lipinski definition) is 2. The Labute approximate surface area is 123 Å². The second kappa shape index (κ2) is 6.79. The molecule has 116 valence electrons. The molecule has 0 aliphatic rings. The van der Waals surface area contributed by atoms with Crippen LogP contribution in [0, 0.1) is 17.5 Å². The zero-order chi connectivity index (χ0) is 16.1. The van der Waals surface area contributed by atoms with Crippen molar-refractivity contribution in [3.63, 3.8) is 0 Å². The Morgan fingerprint density at radius 1 is 1.05 bits per heavy atom. The minimum Gasteiger partial charge on any atom is -0.467 e. The SMILES string of the molecule is O=C(CC(=O)Nc1ccc(F)c(F)c1F)NCc1ccco1. The molecule has 22 heavy (non-hydrogen) atoms. The molecule has 1 aromatic heterocycles. The van der Waals surface area contributed by atoms with Crippen LogP contribution in [0.3, 0.4) is 0 Å². The smallest absolute Gasteiger partial charge is 0.233 e. The van der Waals surface area contributed by atoms with E-state index in [-0.39, 0.29) is 6.54 Å². The van der Waals surface area contributed by atoms with Crippen LogP contribution in [-0.2, 0) is 16.1 Å². The molecule has 2 rings (SSSR count). The third kappa shape index (κ3) is 3.87. The van der Waals surface area contributed by atoms with E-state index in [0.29, 0.717) is 11.8 Å². The largest absolute Gasteiger partial charge is 0.467 e. The van der Waals surface area contributed by atoms with Gasteiger partial charge >= 0.3 is 0 Å². The van der Waals surface area contributed by atoms with Gasteiger partial charge in [-0.2, -0.15) is 0 Å². The third-order valence-corrected chi connectivity index (χ3v) is 2.67. The number of rotatable bonds is 5. The molecule has 0 aliphatic heterocycles. The number of carbonyl (C=O) groups is 2. The second-order valence-electron chi connectivity index (χ2n) is 4.30. The quantitative estimate of drug-likeness (QED) is 0.657. The van der Waals surface area contributed by atoms with Gasteiger partial charge in [-0.25, -0.2) is 13.2 Å². The average Bonchev–Trinajstić information content (AvgIpc) is 2.99. The fraction of sp³-hybridized carbons (Fsp3) is 0.143. The molecular weight excluding hydrogens is 301 g/mol. The molecule has 0 aliphatic carbocycles. The van der Waals surface area contributed by atoms with Crippen LogP contribution in [0.1, 0.15) is 12.2 Å². The lowest BCUT2D eigenvalue weighted by Crippen LogP contribution is -2.27. The lowest BCUT2D eigenvalue weighted by Gasteiger charge is -2.07. The molecule has 2 N–H and O–H groups in total. The van der Waals surface area contributed by atoms with E-state index in [0.717, 1.165) is 6.07 Å². The number of hydrogen-bond acceptors (Lipinski definition) is 3. The maximum Gasteiger partial charge on any atom is 0.233 e. The summed E-state index contributed by atoms with van der Waals surface area (Å²) in [5, 5.41) is 4.41. The first-order chi connectivity index (χ1) is 10.5. The summed E-state index contributed by atoms with van der Waals surface area (Å²) >= 11 is 0. The van der Waals surface area contributed by atoms with Crippen molar-refractivity contribution in [2.45, 2.75) is 13.0 Å². The van der Waals surface area contributed by atoms with Crippen LogP contribution in [0.15, 0.2) is 34.9 Å². The van der Waals surface area contributed by atoms with E-state index in [9.17, 15) is 22.8 Å². The summed E-state index contributed by atoms with van der Waals surface area (Å²) in [6.45, 7) is 0.0959. The van der Waals surface area contributed by atoms with E-state index in [4.69, 9.17) is 4.42 Å². The summed E-state index contributed by atoms with van der Waals surface area (Å²) in [6, 6.07) is 4.81. The van der Waals surface area contributed by atoms with E-state index in [2.05, 4.69) is 5.32 Å². The van der Waals surface area contributed by atoms with Crippen molar-refractivity contribution in [3.8, 4) is 0 Å². The van der Waals surface area contributed by atoms with Crippen LogP contribution in [0.4, 0.5) is 18.9 Å². The Morgan fingerprint density at radius 2 is 1.82 bits per heavy atom. The molecule has 0 saturated carbocycles. The Kier molecular flexibility index (Phi) is 4.82. The van der Waals surface area contributed by atoms with E-state index < -0.39 is 41.4 Å². The average molecular weight is 312 g/mol. The van der Waals surface area contributed by atoms with Gasteiger partial charge in [0.2, 0.25) is 11.8 Å². The Balaban J connectivity index is 1.87. The van der Waals surface area contributed by atoms with Crippen molar-refractivity contribution in [1.82, 2.24) is 5.32 Å². The van der Waals surface area contributed by atoms with Crippen molar-refractivity contribution in [2.24, 2.45) is 0 Å². The number of nitrogens with one attached hydrogen (secondary N) is 2. The number of benzene rings is 1. The van der Waals surface area contributed by atoms with Gasteiger partial charge in [0.1, 0.15) is 12.2 Å². The lowest BCUT2D eigenvalue weighted by atomic mass is 10.2. The number of amides is 2. The maximum absolute atomic E-state index is 13.4. The van der Waals surface area contributed by atoms with Gasteiger partial charge < -0.3 is 15.1 Å². The van der Waals surface area contributed by atoms with Gasteiger partial charge in [-0.1, -0.05) is 0 Å². The van der Waals surface area contributed by atoms with Crippen molar-refractivity contribution in [3.05, 3.63) is 53.7 Å². The van der Waals surface area contributed by atoms with Crippen LogP contribution in [0.25, 0.3) is 0 Å². The van der Waals surface area contributed by atoms with E-state index in [1.165, 1.54) is 6.26 Å². The van der Waals surface area contributed by atoms with Crippen LogP contribution in [0.2, 0.25) is 0 Å². The minimum atomic E-state index is -1.69. The molecule has 0 atom stereocenters. The van der Waals surface area contributed by atoms with Gasteiger partial charge in [0.15, 0.2) is 17.5 Å². The highest BCUT2D eigenvalue weighted by molar-refractivity contribution is 6.03. The molecule has 2 amide bonds. The topological polar surface area (TPSA) is 71.3 Å². The molecule has 5 nitrogen and oxygen atoms in total. The van der Waals surface area contributed by atoms with Gasteiger partial charge in [0.05, 0.1) is 18.5 Å². The molecule has 1 heterocycles. The highest BCUT2D eigenvalue weighted by atomic mass is 19.2. The van der Waals surface area contributed by atoms with Crippen molar-refractivity contribution < 1.29 is 27.2 Å². The fourth-order valence-corrected chi connectivity index (χ4v) is 1.62. The maximum atomic E-state index is 13.4. The molecule has 0 fully saturated rings. The molecule has 0 saturated heterocycles. The Morgan fingerprint density at radius 3 is 2.50 bits per heavy atom. The van der Waals surface area contributed by atoms with Gasteiger partial charge in [0, 0.05) is 0 Å². The zero-order valence-corrected chi connectivity index (χ0v) is 11.2. The molecule has 8 heteroatoms. The summed E-state index contributed by atoms with van der Waals surface area (Å²) in [6.07, 6.45) is 0.833. The highest BCUT2D eigenvalue weighted by Gasteiger charge is 2.16. The third-order valence-electron chi connectivity index (χ3n) is 2.67. The predicted molar refractivity (Wildman–Crippen MR) is 70.1 cm³/mol. The second-order valence-corrected chi connectivity index (χ2v) is 4.30. The van der Waals surface area contributed by atoms with Gasteiger partial charge in [-0.05, 0) is 24.3 Å². The monoisotopic (exact) mass is 312 g/mol. The number of halogens is 3. The van der Waals surface area contributed by atoms with Crippen molar-refractivity contribution in [2.75, 3.05) is 5.32 Å². The van der Waals surface area contributed by atoms with E-state index in [1.54, 1.807) is 12.1 Å². The zero-order valence-electron chi connectivity index (χ0n) is 11.2. The van der Waals surface area contributed by atoms with Crippen LogP contribution < -0.4 is 10.6 Å². The summed E-state index contributed by atoms with van der Waals surface area (Å²) in [7, 11) is 0. The number of carbonyl (C=O) groups excluding carboxylic acids is 2. The molecule has 0 radical (unpaired) electrons. The predicted octanol–water partition coefficient (Wildman–Crippen LogP) is 2.34. The molecular formula is C14H11F3N2O3. The Hall–Kier alpha value is -2.77. The molecule has 0 unspecified atom stereocenters. The lowest BCUT2D eigenvalue weighted by molar-refractivity contribution is -0.127. The molecule has 0 spiro atoms. The van der Waals surface area contributed by atoms with Gasteiger partial charge in [-0.3, -0.25) is 9.59 Å². The summed E-state index contributed by atoms with van der Waals surface area (Å²) in [4.78, 5) is 23.1. The summed E-state index contributed by atoms with van der Waals surface area (Å²) in [5.74, 6) is -5.57. The molecule has 1 aromatic carbocycles.